The largest absolute Gasteiger partial charge is 0.496 e. The van der Waals surface area contributed by atoms with Crippen molar-refractivity contribution in [3.63, 3.8) is 0 Å². The molecule has 0 spiro atoms. The molecule has 3 N–H and O–H groups in total. The molecule has 0 aliphatic heterocycles. The van der Waals surface area contributed by atoms with Crippen LogP contribution in [0.25, 0.3) is 0 Å². The Morgan fingerprint density at radius 2 is 1.62 bits per heavy atom. The first-order chi connectivity index (χ1) is 15.0. The van der Waals surface area contributed by atoms with E-state index in [1.54, 1.807) is 0 Å². The number of rotatable bonds is 8. The molecule has 0 bridgehead atoms. The Kier molecular flexibility index (Phi) is 8.48. The van der Waals surface area contributed by atoms with Crippen LogP contribution in [0.3, 0.4) is 0 Å². The van der Waals surface area contributed by atoms with Crippen LogP contribution in [0.15, 0.2) is 42.5 Å². The average molecular weight is 452 g/mol. The highest BCUT2D eigenvalue weighted by Crippen LogP contribution is 2.30. The van der Waals surface area contributed by atoms with Crippen molar-refractivity contribution in [2.75, 3.05) is 37.9 Å². The summed E-state index contributed by atoms with van der Waals surface area (Å²) in [5.41, 5.74) is 0.0542. The molecule has 3 amide bonds. The normalized spacial score (nSPS) is 11.4. The highest BCUT2D eigenvalue weighted by molar-refractivity contribution is 6.01. The molecule has 174 valence electrons. The minimum atomic E-state index is -4.45. The van der Waals surface area contributed by atoms with E-state index in [0.29, 0.717) is 30.4 Å². The lowest BCUT2D eigenvalue weighted by Crippen LogP contribution is -2.36. The summed E-state index contributed by atoms with van der Waals surface area (Å²) in [6.07, 6.45) is -4.45. The van der Waals surface area contributed by atoms with Crippen molar-refractivity contribution >= 4 is 23.3 Å². The van der Waals surface area contributed by atoms with Crippen LogP contribution in [-0.2, 0) is 6.18 Å². The summed E-state index contributed by atoms with van der Waals surface area (Å²) >= 11 is 0. The fourth-order valence-corrected chi connectivity index (χ4v) is 2.69. The number of likely N-dealkylation sites (N-methyl/N-ethyl adjacent to an activating group) is 1. The van der Waals surface area contributed by atoms with Crippen molar-refractivity contribution in [3.8, 4) is 5.75 Å². The van der Waals surface area contributed by atoms with E-state index in [0.717, 1.165) is 24.3 Å². The first kappa shape index (κ1) is 25.0. The van der Waals surface area contributed by atoms with E-state index in [1.807, 2.05) is 7.05 Å². The zero-order valence-electron chi connectivity index (χ0n) is 18.3. The third-order valence-electron chi connectivity index (χ3n) is 4.81. The van der Waals surface area contributed by atoms with Crippen LogP contribution in [-0.4, -0.2) is 50.1 Å². The number of alkyl halides is 3. The molecule has 0 fully saturated rings. The first-order valence-corrected chi connectivity index (χ1v) is 9.93. The number of hydrogen-bond donors (Lipinski definition) is 3. The van der Waals surface area contributed by atoms with E-state index in [2.05, 4.69) is 34.7 Å². The Hall–Kier alpha value is -3.27. The number of anilines is 2. The van der Waals surface area contributed by atoms with Gasteiger partial charge in [0, 0.05) is 36.6 Å². The number of nitrogens with one attached hydrogen (secondary N) is 3. The van der Waals surface area contributed by atoms with E-state index in [9.17, 15) is 22.8 Å². The van der Waals surface area contributed by atoms with Crippen LogP contribution in [0, 0.1) is 0 Å². The van der Waals surface area contributed by atoms with Gasteiger partial charge in [0.25, 0.3) is 5.91 Å². The van der Waals surface area contributed by atoms with Gasteiger partial charge in [0.15, 0.2) is 0 Å². The molecule has 0 unspecified atom stereocenters. The Morgan fingerprint density at radius 1 is 1.03 bits per heavy atom. The average Bonchev–Trinajstić information content (AvgIpc) is 2.72. The Bertz CT molecular complexity index is 931. The highest BCUT2D eigenvalue weighted by Gasteiger charge is 2.30. The van der Waals surface area contributed by atoms with Crippen molar-refractivity contribution in [2.24, 2.45) is 0 Å². The number of hydrogen-bond acceptors (Lipinski definition) is 4. The summed E-state index contributed by atoms with van der Waals surface area (Å²) in [7, 11) is 3.37. The Labute approximate surface area is 184 Å². The zero-order chi connectivity index (χ0) is 23.9. The standard InChI is InChI=1S/C22H27F3N4O3/c1-14(2)29(3)12-11-26-20(30)18-10-9-17(13-19(18)32-4)28-21(31)27-16-7-5-15(6-8-16)22(23,24)25/h5-10,13-14H,11-12H2,1-4H3,(H,26,30)(H2,27,28,31). The fraction of sp³-hybridized carbons (Fsp3) is 0.364. The van der Waals surface area contributed by atoms with E-state index < -0.39 is 17.8 Å². The topological polar surface area (TPSA) is 82.7 Å². The van der Waals surface area contributed by atoms with Crippen molar-refractivity contribution in [1.82, 2.24) is 10.2 Å². The summed E-state index contributed by atoms with van der Waals surface area (Å²) in [6, 6.07) is 8.33. The second kappa shape index (κ2) is 10.9. The fourth-order valence-electron chi connectivity index (χ4n) is 2.69. The van der Waals surface area contributed by atoms with Gasteiger partial charge in [-0.3, -0.25) is 4.79 Å². The van der Waals surface area contributed by atoms with Crippen LogP contribution in [0.2, 0.25) is 0 Å². The zero-order valence-corrected chi connectivity index (χ0v) is 18.3. The summed E-state index contributed by atoms with van der Waals surface area (Å²) < 4.78 is 43.1. The van der Waals surface area contributed by atoms with E-state index in [4.69, 9.17) is 4.74 Å². The highest BCUT2D eigenvalue weighted by atomic mass is 19.4. The molecule has 0 radical (unpaired) electrons. The Balaban J connectivity index is 1.98. The Morgan fingerprint density at radius 3 is 2.19 bits per heavy atom. The lowest BCUT2D eigenvalue weighted by molar-refractivity contribution is -0.137. The molecule has 0 saturated carbocycles. The number of nitrogens with zero attached hydrogens (tertiary/aromatic N) is 1. The molecular formula is C22H27F3N4O3. The summed E-state index contributed by atoms with van der Waals surface area (Å²) in [5.74, 6) is -0.0354. The molecule has 2 aromatic rings. The van der Waals surface area contributed by atoms with Gasteiger partial charge in [-0.15, -0.1) is 0 Å². The predicted octanol–water partition coefficient (Wildman–Crippen LogP) is 4.43. The lowest BCUT2D eigenvalue weighted by Gasteiger charge is -2.21. The van der Waals surface area contributed by atoms with Gasteiger partial charge in [0.05, 0.1) is 18.2 Å². The molecule has 0 heterocycles. The molecule has 0 aliphatic rings. The third kappa shape index (κ3) is 7.16. The molecule has 0 aliphatic carbocycles. The van der Waals surface area contributed by atoms with Gasteiger partial charge in [-0.1, -0.05) is 0 Å². The molecule has 2 rings (SSSR count). The summed E-state index contributed by atoms with van der Waals surface area (Å²) in [5, 5.41) is 7.83. The van der Waals surface area contributed by atoms with Crippen molar-refractivity contribution in [1.29, 1.82) is 0 Å². The van der Waals surface area contributed by atoms with Gasteiger partial charge in [-0.2, -0.15) is 13.2 Å². The molecular weight excluding hydrogens is 425 g/mol. The lowest BCUT2D eigenvalue weighted by atomic mass is 10.1. The number of benzene rings is 2. The maximum Gasteiger partial charge on any atom is 0.416 e. The maximum atomic E-state index is 12.6. The minimum absolute atomic E-state index is 0.199. The number of methoxy groups -OCH3 is 1. The first-order valence-electron chi connectivity index (χ1n) is 9.93. The van der Waals surface area contributed by atoms with Crippen LogP contribution >= 0.6 is 0 Å². The van der Waals surface area contributed by atoms with Gasteiger partial charge >= 0.3 is 12.2 Å². The molecule has 7 nitrogen and oxygen atoms in total. The monoisotopic (exact) mass is 452 g/mol. The number of ether oxygens (including phenoxy) is 1. The minimum Gasteiger partial charge on any atom is -0.496 e. The quantitative estimate of drug-likeness (QED) is 0.554. The van der Waals surface area contributed by atoms with E-state index in [-0.39, 0.29) is 17.3 Å². The summed E-state index contributed by atoms with van der Waals surface area (Å²) in [4.78, 5) is 26.7. The van der Waals surface area contributed by atoms with Crippen molar-refractivity contribution < 1.29 is 27.5 Å². The van der Waals surface area contributed by atoms with Gasteiger partial charge in [0.1, 0.15) is 5.75 Å². The summed E-state index contributed by atoms with van der Waals surface area (Å²) in [6.45, 7) is 5.27. The van der Waals surface area contributed by atoms with E-state index >= 15 is 0 Å². The molecule has 0 aromatic heterocycles. The molecule has 0 atom stereocenters. The molecule has 2 aromatic carbocycles. The number of carbonyl (C=O) groups excluding carboxylic acids is 2. The number of halogens is 3. The smallest absolute Gasteiger partial charge is 0.416 e. The maximum absolute atomic E-state index is 12.6. The molecule has 0 saturated heterocycles. The predicted molar refractivity (Wildman–Crippen MR) is 117 cm³/mol. The second-order valence-electron chi connectivity index (χ2n) is 7.40. The van der Waals surface area contributed by atoms with Gasteiger partial charge in [-0.05, 0) is 57.3 Å². The number of amides is 3. The third-order valence-corrected chi connectivity index (χ3v) is 4.81. The van der Waals surface area contributed by atoms with Crippen molar-refractivity contribution in [3.05, 3.63) is 53.6 Å². The van der Waals surface area contributed by atoms with Crippen molar-refractivity contribution in [2.45, 2.75) is 26.1 Å². The van der Waals surface area contributed by atoms with Crippen LogP contribution in [0.5, 0.6) is 5.75 Å². The number of urea groups is 1. The molecule has 32 heavy (non-hydrogen) atoms. The van der Waals surface area contributed by atoms with Gasteiger partial charge < -0.3 is 25.6 Å². The second-order valence-corrected chi connectivity index (χ2v) is 7.40. The number of carbonyl (C=O) groups is 2. The van der Waals surface area contributed by atoms with Crippen LogP contribution in [0.4, 0.5) is 29.3 Å². The molecule has 10 heteroatoms. The van der Waals surface area contributed by atoms with Crippen LogP contribution in [0.1, 0.15) is 29.8 Å². The van der Waals surface area contributed by atoms with Gasteiger partial charge in [-0.25, -0.2) is 4.79 Å². The van der Waals surface area contributed by atoms with Crippen LogP contribution < -0.4 is 20.7 Å². The van der Waals surface area contributed by atoms with E-state index in [1.165, 1.54) is 25.3 Å². The van der Waals surface area contributed by atoms with Gasteiger partial charge in [0.2, 0.25) is 0 Å². The SMILES string of the molecule is COc1cc(NC(=O)Nc2ccc(C(F)(F)F)cc2)ccc1C(=O)NCCN(C)C(C)C.